The number of hydrogen-bond donors (Lipinski definition) is 0. The Morgan fingerprint density at radius 1 is 1.16 bits per heavy atom. The van der Waals surface area contributed by atoms with E-state index in [0.717, 1.165) is 10.0 Å². The van der Waals surface area contributed by atoms with E-state index in [1.165, 1.54) is 47.8 Å². The summed E-state index contributed by atoms with van der Waals surface area (Å²) in [5.74, 6) is -0.178. The Bertz CT molecular complexity index is 864. The summed E-state index contributed by atoms with van der Waals surface area (Å²) in [6.45, 7) is 2.37. The normalized spacial score (nSPS) is 27.1. The van der Waals surface area contributed by atoms with Crippen molar-refractivity contribution in [3.05, 3.63) is 64.4 Å². The molecule has 0 amide bonds. The molecular weight excluding hydrogens is 446 g/mol. The maximum atomic E-state index is 13.3. The van der Waals surface area contributed by atoms with Crippen LogP contribution in [0.4, 0.5) is 10.1 Å². The predicted molar refractivity (Wildman–Crippen MR) is 98.2 cm³/mol. The van der Waals surface area contributed by atoms with Crippen molar-refractivity contribution in [2.45, 2.75) is 18.9 Å². The molecule has 3 aliphatic rings. The molecule has 0 aliphatic carbocycles. The van der Waals surface area contributed by atoms with Crippen molar-refractivity contribution < 1.29 is 28.4 Å². The second kappa shape index (κ2) is 6.30. The van der Waals surface area contributed by atoms with E-state index in [0.29, 0.717) is 6.04 Å². The van der Waals surface area contributed by atoms with E-state index >= 15 is 0 Å². The first-order valence-electron chi connectivity index (χ1n) is 8.56. The minimum absolute atomic E-state index is 0. The Hall–Kier alpha value is -1.02. The minimum Gasteiger partial charge on any atom is -1.00 e. The monoisotopic (exact) mass is 466 g/mol. The first-order chi connectivity index (χ1) is 11.7. The molecule has 0 N–H and O–H groups in total. The van der Waals surface area contributed by atoms with E-state index in [1.54, 1.807) is 12.1 Å². The number of fused-ring (bicyclic) bond motifs is 3. The summed E-state index contributed by atoms with van der Waals surface area (Å²) < 4.78 is 14.1. The van der Waals surface area contributed by atoms with Crippen molar-refractivity contribution in [2.24, 2.45) is 0 Å². The van der Waals surface area contributed by atoms with E-state index in [2.05, 4.69) is 35.7 Å². The average molecular weight is 466 g/mol. The van der Waals surface area contributed by atoms with E-state index in [9.17, 15) is 4.39 Å². The molecule has 2 unspecified atom stereocenters. The van der Waals surface area contributed by atoms with Crippen LogP contribution < -0.4 is 28.5 Å². The lowest BCUT2D eigenvalue weighted by Crippen LogP contribution is -3.00. The molecule has 5 rings (SSSR count). The molecule has 4 heterocycles. The molecule has 2 nitrogen and oxygen atoms in total. The van der Waals surface area contributed by atoms with Gasteiger partial charge in [-0.25, -0.2) is 8.87 Å². The quantitative estimate of drug-likeness (QED) is 0.484. The van der Waals surface area contributed by atoms with Gasteiger partial charge in [0.1, 0.15) is 23.8 Å². The fourth-order valence-corrected chi connectivity index (χ4v) is 5.77. The zero-order valence-corrected chi connectivity index (χ0v) is 17.1. The van der Waals surface area contributed by atoms with Gasteiger partial charge in [0.25, 0.3) is 0 Å². The smallest absolute Gasteiger partial charge is 0.166 e. The third-order valence-corrected chi connectivity index (χ3v) is 6.66. The lowest BCUT2D eigenvalue weighted by atomic mass is 10.1. The van der Waals surface area contributed by atoms with Crippen molar-refractivity contribution in [3.63, 3.8) is 0 Å². The Kier molecular flexibility index (Phi) is 4.38. The van der Waals surface area contributed by atoms with Crippen LogP contribution in [0.5, 0.6) is 0 Å². The van der Waals surface area contributed by atoms with Crippen molar-refractivity contribution in [1.29, 1.82) is 0 Å². The molecule has 1 aromatic heterocycles. The van der Waals surface area contributed by atoms with Crippen LogP contribution in [0.25, 0.3) is 11.1 Å². The van der Waals surface area contributed by atoms with Crippen molar-refractivity contribution in [2.75, 3.05) is 20.1 Å². The van der Waals surface area contributed by atoms with Gasteiger partial charge >= 0.3 is 0 Å². The number of rotatable bonds is 2. The summed E-state index contributed by atoms with van der Waals surface area (Å²) >= 11 is 1.86. The second-order valence-corrected chi connectivity index (χ2v) is 7.93. The number of quaternary nitrogens is 1. The summed E-state index contributed by atoms with van der Waals surface area (Å²) in [5, 5.41) is 2.26. The van der Waals surface area contributed by atoms with Crippen LogP contribution >= 0.6 is 11.3 Å². The Morgan fingerprint density at radius 2 is 1.88 bits per heavy atom. The zero-order chi connectivity index (χ0) is 16.3. The highest BCUT2D eigenvalue weighted by Gasteiger charge is 2.52. The fraction of sp³-hybridized carbons (Fsp3) is 0.300. The van der Waals surface area contributed by atoms with E-state index in [-0.39, 0.29) is 29.8 Å². The van der Waals surface area contributed by atoms with Crippen LogP contribution in [0.15, 0.2) is 53.7 Å². The standard InChI is InChI=1S/C20H20FN2S.HI/c1-23-12-4-5-17(23)18(22-10-2-3-11-22)20-19(23)16(13-24-20)14-6-8-15(21)9-7-14;/h4-9,12-13,18H,2-3,10-11H2,1H3;1H/q+1;/p-1. The number of likely N-dealkylation sites (N-methyl/N-ethyl adjacent to an activating group) is 1. The maximum absolute atomic E-state index is 13.3. The summed E-state index contributed by atoms with van der Waals surface area (Å²) in [5.41, 5.74) is 5.19. The third kappa shape index (κ3) is 2.47. The van der Waals surface area contributed by atoms with E-state index in [1.807, 2.05) is 23.5 Å². The summed E-state index contributed by atoms with van der Waals surface area (Å²) in [6, 6.07) is 7.32. The molecule has 25 heavy (non-hydrogen) atoms. The molecule has 5 heteroatoms. The van der Waals surface area contributed by atoms with Crippen molar-refractivity contribution in [1.82, 2.24) is 9.38 Å². The number of hydrogen-bond acceptors (Lipinski definition) is 2. The average Bonchev–Trinajstić information content (AvgIpc) is 3.31. The molecule has 0 spiro atoms. The van der Waals surface area contributed by atoms with Gasteiger partial charge in [-0.15, -0.1) is 11.3 Å². The molecule has 2 atom stereocenters. The van der Waals surface area contributed by atoms with Crippen LogP contribution in [-0.4, -0.2) is 25.0 Å². The van der Waals surface area contributed by atoms with E-state index in [4.69, 9.17) is 0 Å². The SMILES string of the molecule is C[N+]12C=CC=C1C(N1CCCC1)c1scc(-c3ccc(F)cc3)c12.[I-]. The Balaban J connectivity index is 0.00000157. The largest absolute Gasteiger partial charge is 1.00 e. The van der Waals surface area contributed by atoms with Gasteiger partial charge < -0.3 is 24.0 Å². The molecule has 3 aliphatic heterocycles. The van der Waals surface area contributed by atoms with Crippen molar-refractivity contribution in [3.8, 4) is 11.1 Å². The van der Waals surface area contributed by atoms with Crippen LogP contribution in [0, 0.1) is 5.82 Å². The molecule has 0 saturated carbocycles. The number of benzene rings is 1. The lowest BCUT2D eigenvalue weighted by molar-refractivity contribution is -0.00000523. The predicted octanol–water partition coefficient (Wildman–Crippen LogP) is 2.06. The van der Waals surface area contributed by atoms with Crippen LogP contribution in [0.2, 0.25) is 0 Å². The van der Waals surface area contributed by atoms with Crippen LogP contribution in [0.1, 0.15) is 23.8 Å². The number of halogens is 2. The van der Waals surface area contributed by atoms with Gasteiger partial charge in [-0.3, -0.25) is 4.90 Å². The van der Waals surface area contributed by atoms with Gasteiger partial charge in [0, 0.05) is 11.5 Å². The van der Waals surface area contributed by atoms with Gasteiger partial charge in [0.05, 0.1) is 17.5 Å². The second-order valence-electron chi connectivity index (χ2n) is 7.02. The molecule has 2 aromatic rings. The minimum atomic E-state index is -0.178. The summed E-state index contributed by atoms with van der Waals surface area (Å²) in [4.78, 5) is 4.10. The fourth-order valence-electron chi connectivity index (χ4n) is 4.46. The highest BCUT2D eigenvalue weighted by molar-refractivity contribution is 7.11. The van der Waals surface area contributed by atoms with E-state index < -0.39 is 0 Å². The number of likely N-dealkylation sites (tertiary alicyclic amines) is 1. The van der Waals surface area contributed by atoms with Crippen LogP contribution in [0.3, 0.4) is 0 Å². The Labute approximate surface area is 168 Å². The molecule has 1 aromatic carbocycles. The maximum Gasteiger partial charge on any atom is 0.166 e. The first-order valence-corrected chi connectivity index (χ1v) is 9.44. The van der Waals surface area contributed by atoms with Gasteiger partial charge in [-0.05, 0) is 49.7 Å². The topological polar surface area (TPSA) is 3.24 Å². The van der Waals surface area contributed by atoms with Gasteiger partial charge in [0.15, 0.2) is 5.69 Å². The van der Waals surface area contributed by atoms with Gasteiger partial charge in [-0.2, -0.15) is 0 Å². The third-order valence-electron chi connectivity index (χ3n) is 5.63. The molecular formula is C20H20FIN2S. The summed E-state index contributed by atoms with van der Waals surface area (Å²) in [6.07, 6.45) is 9.36. The molecule has 0 radical (unpaired) electrons. The zero-order valence-electron chi connectivity index (χ0n) is 14.1. The highest BCUT2D eigenvalue weighted by Crippen LogP contribution is 2.58. The first kappa shape index (κ1) is 17.4. The number of thiophene rings is 1. The Morgan fingerprint density at radius 3 is 2.60 bits per heavy atom. The van der Waals surface area contributed by atoms with Crippen molar-refractivity contribution >= 4 is 17.0 Å². The molecule has 130 valence electrons. The molecule has 0 bridgehead atoms. The summed E-state index contributed by atoms with van der Waals surface area (Å²) in [7, 11) is 2.28. The number of nitrogens with zero attached hydrogens (tertiary/aromatic N) is 2. The highest BCUT2D eigenvalue weighted by atomic mass is 127. The lowest BCUT2D eigenvalue weighted by Gasteiger charge is -2.28. The molecule has 1 fully saturated rings. The molecule has 1 saturated heterocycles. The van der Waals surface area contributed by atoms with Gasteiger partial charge in [-0.1, -0.05) is 12.1 Å². The van der Waals surface area contributed by atoms with Crippen LogP contribution in [-0.2, 0) is 0 Å². The van der Waals surface area contributed by atoms with Gasteiger partial charge in [0.2, 0.25) is 0 Å². The number of allylic oxidation sites excluding steroid dienone is 2.